The minimum atomic E-state index is -0.649. The Kier molecular flexibility index (Phi) is 7.22. The number of amides is 2. The number of hydrogen-bond acceptors (Lipinski definition) is 3. The lowest BCUT2D eigenvalue weighted by Crippen LogP contribution is -2.41. The van der Waals surface area contributed by atoms with Gasteiger partial charge in [-0.1, -0.05) is 19.4 Å². The first-order valence-corrected chi connectivity index (χ1v) is 4.44. The second-order valence-electron chi connectivity index (χ2n) is 2.59. The van der Waals surface area contributed by atoms with Gasteiger partial charge in [0.05, 0.1) is 13.2 Å². The maximum absolute atomic E-state index is 11.0. The van der Waals surface area contributed by atoms with Gasteiger partial charge in [-0.05, 0) is 6.42 Å². The summed E-state index contributed by atoms with van der Waals surface area (Å²) in [4.78, 5) is 21.2. The Labute approximate surface area is 83.7 Å². The lowest BCUT2D eigenvalue weighted by Gasteiger charge is -2.14. The molecule has 0 saturated carbocycles. The van der Waals surface area contributed by atoms with Gasteiger partial charge in [0.15, 0.2) is 0 Å². The molecule has 2 amide bonds. The summed E-state index contributed by atoms with van der Waals surface area (Å²) in [6.45, 7) is 5.96. The maximum Gasteiger partial charge on any atom is 0.426 e. The summed E-state index contributed by atoms with van der Waals surface area (Å²) in [6, 6.07) is 0. The second-order valence-corrected chi connectivity index (χ2v) is 2.59. The van der Waals surface area contributed by atoms with E-state index >= 15 is 0 Å². The number of carbonyl (C=O) groups excluding carboxylic acids is 2. The highest BCUT2D eigenvalue weighted by atomic mass is 16.6. The van der Waals surface area contributed by atoms with Crippen molar-refractivity contribution in [3.63, 3.8) is 0 Å². The van der Waals surface area contributed by atoms with Crippen molar-refractivity contribution in [3.05, 3.63) is 12.7 Å². The third-order valence-corrected chi connectivity index (χ3v) is 1.38. The molecule has 0 aliphatic heterocycles. The largest absolute Gasteiger partial charge is 0.448 e. The quantitative estimate of drug-likeness (QED) is 0.288. The van der Waals surface area contributed by atoms with Crippen molar-refractivity contribution < 1.29 is 14.3 Å². The molecule has 0 aromatic heterocycles. The van der Waals surface area contributed by atoms with Crippen LogP contribution >= 0.6 is 0 Å². The molecule has 0 aliphatic rings. The Bertz CT molecular complexity index is 194. The van der Waals surface area contributed by atoms with Crippen molar-refractivity contribution >= 4 is 12.5 Å². The van der Waals surface area contributed by atoms with Crippen LogP contribution in [0, 0.1) is 0 Å². The van der Waals surface area contributed by atoms with Gasteiger partial charge in [-0.25, -0.2) is 15.2 Å². The average molecular weight is 199 g/mol. The van der Waals surface area contributed by atoms with Crippen molar-refractivity contribution in [2.24, 2.45) is 0 Å². The molecule has 0 spiro atoms. The van der Waals surface area contributed by atoms with Crippen LogP contribution in [-0.2, 0) is 9.53 Å². The zero-order chi connectivity index (χ0) is 10.8. The summed E-state index contributed by atoms with van der Waals surface area (Å²) in [5, 5.41) is 0.932. The molecule has 0 unspecified atom stereocenters. The first-order valence-electron chi connectivity index (χ1n) is 4.44. The van der Waals surface area contributed by atoms with E-state index in [4.69, 9.17) is 4.74 Å². The highest BCUT2D eigenvalue weighted by molar-refractivity contribution is 5.68. The van der Waals surface area contributed by atoms with Gasteiger partial charge >= 0.3 is 12.5 Å². The third kappa shape index (κ3) is 6.05. The highest BCUT2D eigenvalue weighted by Gasteiger charge is 2.06. The van der Waals surface area contributed by atoms with Crippen LogP contribution in [0.25, 0.3) is 0 Å². The van der Waals surface area contributed by atoms with Crippen molar-refractivity contribution in [2.45, 2.75) is 19.8 Å². The van der Waals surface area contributed by atoms with E-state index in [1.807, 2.05) is 6.92 Å². The van der Waals surface area contributed by atoms with E-state index in [0.717, 1.165) is 17.9 Å². The molecule has 0 heterocycles. The van der Waals surface area contributed by atoms with E-state index < -0.39 is 6.09 Å². The summed E-state index contributed by atoms with van der Waals surface area (Å²) in [7, 11) is 0. The number of ether oxygens (including phenoxy) is 1. The lowest BCUT2D eigenvalue weighted by atomic mass is 10.4. The molecule has 0 rings (SSSR count). The molecule has 0 aromatic carbocycles. The monoisotopic (exact) mass is 199 g/mol. The van der Waals surface area contributed by atoms with E-state index in [0.29, 0.717) is 6.61 Å². The van der Waals surface area contributed by atoms with Gasteiger partial charge in [0.25, 0.3) is 0 Å². The SMILES string of the molecule is C=CCN([C]=O)NC(=O)OCCCC. The van der Waals surface area contributed by atoms with E-state index in [1.54, 1.807) is 0 Å². The first-order chi connectivity index (χ1) is 6.74. The topological polar surface area (TPSA) is 58.6 Å². The van der Waals surface area contributed by atoms with Gasteiger partial charge in [-0.2, -0.15) is 0 Å². The van der Waals surface area contributed by atoms with Gasteiger partial charge < -0.3 is 4.74 Å². The Balaban J connectivity index is 3.67. The molecule has 0 atom stereocenters. The average Bonchev–Trinajstić information content (AvgIpc) is 2.17. The minimum Gasteiger partial charge on any atom is -0.448 e. The van der Waals surface area contributed by atoms with Crippen LogP contribution in [0.4, 0.5) is 4.79 Å². The van der Waals surface area contributed by atoms with Crippen LogP contribution in [0.2, 0.25) is 0 Å². The third-order valence-electron chi connectivity index (χ3n) is 1.38. The zero-order valence-electron chi connectivity index (χ0n) is 8.28. The Hall–Kier alpha value is -1.52. The number of nitrogens with one attached hydrogen (secondary N) is 1. The van der Waals surface area contributed by atoms with Gasteiger partial charge in [0.1, 0.15) is 0 Å². The van der Waals surface area contributed by atoms with Crippen LogP contribution in [0.15, 0.2) is 12.7 Å². The minimum absolute atomic E-state index is 0.201. The van der Waals surface area contributed by atoms with Crippen LogP contribution in [0.1, 0.15) is 19.8 Å². The number of rotatable bonds is 7. The van der Waals surface area contributed by atoms with Gasteiger partial charge in [0.2, 0.25) is 0 Å². The smallest absolute Gasteiger partial charge is 0.426 e. The second kappa shape index (κ2) is 8.10. The summed E-state index contributed by atoms with van der Waals surface area (Å²) >= 11 is 0. The van der Waals surface area contributed by atoms with Crippen LogP contribution in [-0.4, -0.2) is 30.7 Å². The fourth-order valence-electron chi connectivity index (χ4n) is 0.687. The fraction of sp³-hybridized carbons (Fsp3) is 0.556. The molecule has 0 fully saturated rings. The summed E-state index contributed by atoms with van der Waals surface area (Å²) in [5.41, 5.74) is 2.20. The van der Waals surface area contributed by atoms with Crippen molar-refractivity contribution in [3.8, 4) is 0 Å². The number of hydrogen-bond donors (Lipinski definition) is 1. The van der Waals surface area contributed by atoms with Crippen molar-refractivity contribution in [2.75, 3.05) is 13.2 Å². The Morgan fingerprint density at radius 2 is 2.43 bits per heavy atom. The lowest BCUT2D eigenvalue weighted by molar-refractivity contribution is 0.125. The molecule has 79 valence electrons. The first kappa shape index (κ1) is 12.5. The normalized spacial score (nSPS) is 8.93. The van der Waals surface area contributed by atoms with Gasteiger partial charge in [0, 0.05) is 0 Å². The standard InChI is InChI=1S/C9H15N2O3/c1-3-5-7-14-9(13)10-11(8-12)6-4-2/h4H,2-3,5-7H2,1H3,(H,10,13). The van der Waals surface area contributed by atoms with E-state index in [1.165, 1.54) is 12.5 Å². The van der Waals surface area contributed by atoms with E-state index in [9.17, 15) is 9.59 Å². The molecule has 1 N–H and O–H groups in total. The molecule has 0 bridgehead atoms. The molecular weight excluding hydrogens is 184 g/mol. The predicted molar refractivity (Wildman–Crippen MR) is 52.0 cm³/mol. The Morgan fingerprint density at radius 1 is 1.71 bits per heavy atom. The Morgan fingerprint density at radius 3 is 2.93 bits per heavy atom. The number of nitrogens with zero attached hydrogens (tertiary/aromatic N) is 1. The zero-order valence-corrected chi connectivity index (χ0v) is 8.28. The number of carbonyl (C=O) groups is 1. The molecule has 5 nitrogen and oxygen atoms in total. The molecule has 0 saturated heterocycles. The molecule has 5 heteroatoms. The van der Waals surface area contributed by atoms with Crippen molar-refractivity contribution in [1.29, 1.82) is 0 Å². The fourth-order valence-corrected chi connectivity index (χ4v) is 0.687. The van der Waals surface area contributed by atoms with Crippen LogP contribution < -0.4 is 5.43 Å². The summed E-state index contributed by atoms with van der Waals surface area (Å²) in [6.07, 6.45) is 4.10. The molecule has 14 heavy (non-hydrogen) atoms. The summed E-state index contributed by atoms with van der Waals surface area (Å²) < 4.78 is 4.76. The number of hydrazine groups is 1. The van der Waals surface area contributed by atoms with E-state index in [2.05, 4.69) is 12.0 Å². The summed E-state index contributed by atoms with van der Waals surface area (Å²) in [5.74, 6) is 0. The maximum atomic E-state index is 11.0. The number of unbranched alkanes of at least 4 members (excludes halogenated alkanes) is 1. The van der Waals surface area contributed by atoms with E-state index in [-0.39, 0.29) is 6.54 Å². The van der Waals surface area contributed by atoms with Gasteiger partial charge in [-0.3, -0.25) is 4.79 Å². The van der Waals surface area contributed by atoms with Crippen LogP contribution in [0.5, 0.6) is 0 Å². The predicted octanol–water partition coefficient (Wildman–Crippen LogP) is 0.983. The van der Waals surface area contributed by atoms with Crippen molar-refractivity contribution in [1.82, 2.24) is 10.4 Å². The van der Waals surface area contributed by atoms with Gasteiger partial charge in [-0.15, -0.1) is 6.58 Å². The molecule has 0 aromatic rings. The highest BCUT2D eigenvalue weighted by Crippen LogP contribution is 1.89. The molecular formula is C9H15N2O3. The molecule has 0 aliphatic carbocycles. The van der Waals surface area contributed by atoms with Crippen LogP contribution in [0.3, 0.4) is 0 Å². The molecule has 1 radical (unpaired) electrons.